The molecule has 0 saturated carbocycles. The van der Waals surface area contributed by atoms with Gasteiger partial charge < -0.3 is 10.2 Å². The van der Waals surface area contributed by atoms with E-state index in [-0.39, 0.29) is 17.5 Å². The molecule has 1 fully saturated rings. The van der Waals surface area contributed by atoms with Crippen molar-refractivity contribution in [3.63, 3.8) is 0 Å². The van der Waals surface area contributed by atoms with E-state index in [0.29, 0.717) is 19.1 Å². The fourth-order valence-electron chi connectivity index (χ4n) is 2.56. The fourth-order valence-corrected chi connectivity index (χ4v) is 2.56. The Morgan fingerprint density at radius 2 is 2.00 bits per heavy atom. The summed E-state index contributed by atoms with van der Waals surface area (Å²) in [5.41, 5.74) is 1.03. The van der Waals surface area contributed by atoms with Gasteiger partial charge in [0, 0.05) is 38.9 Å². The van der Waals surface area contributed by atoms with E-state index < -0.39 is 6.04 Å². The molecule has 0 spiro atoms. The normalized spacial score (nSPS) is 19.3. The molecule has 2 rings (SSSR count). The Labute approximate surface area is 130 Å². The van der Waals surface area contributed by atoms with E-state index in [1.807, 2.05) is 6.92 Å². The van der Waals surface area contributed by atoms with E-state index >= 15 is 0 Å². The van der Waals surface area contributed by atoms with Crippen LogP contribution >= 0.6 is 0 Å². The van der Waals surface area contributed by atoms with Gasteiger partial charge in [-0.05, 0) is 20.8 Å². The number of aryl methyl sites for hydroxylation is 1. The van der Waals surface area contributed by atoms with Crippen LogP contribution in [0.15, 0.2) is 12.4 Å². The maximum atomic E-state index is 12.6. The Bertz CT molecular complexity index is 543. The summed E-state index contributed by atoms with van der Waals surface area (Å²) < 4.78 is 0. The maximum Gasteiger partial charge on any atom is 0.274 e. The largest absolute Gasteiger partial charge is 0.357 e. The first kappa shape index (κ1) is 16.4. The third-order valence-electron chi connectivity index (χ3n) is 3.95. The summed E-state index contributed by atoms with van der Waals surface area (Å²) in [5, 5.41) is 2.64. The number of carbonyl (C=O) groups excluding carboxylic acids is 2. The Morgan fingerprint density at radius 1 is 1.27 bits per heavy atom. The van der Waals surface area contributed by atoms with E-state index in [1.165, 1.54) is 6.20 Å². The number of hydrogen-bond acceptors (Lipinski definition) is 5. The molecule has 0 aliphatic carbocycles. The summed E-state index contributed by atoms with van der Waals surface area (Å²) in [5.74, 6) is -0.400. The molecule has 1 aromatic heterocycles. The number of nitrogens with zero attached hydrogens (tertiary/aromatic N) is 4. The van der Waals surface area contributed by atoms with Gasteiger partial charge in [-0.1, -0.05) is 0 Å². The molecule has 2 amide bonds. The predicted octanol–water partition coefficient (Wildman–Crippen LogP) is 0.0658. The zero-order valence-electron chi connectivity index (χ0n) is 13.5. The van der Waals surface area contributed by atoms with Gasteiger partial charge >= 0.3 is 0 Å². The lowest BCUT2D eigenvalue weighted by molar-refractivity contribution is -0.127. The minimum atomic E-state index is -0.503. The number of hydrogen-bond donors (Lipinski definition) is 1. The molecule has 0 bridgehead atoms. The van der Waals surface area contributed by atoms with Crippen molar-refractivity contribution in [2.45, 2.75) is 32.9 Å². The summed E-state index contributed by atoms with van der Waals surface area (Å²) in [6.07, 6.45) is 3.03. The number of rotatable bonds is 3. The molecule has 1 aromatic rings. The first-order valence-corrected chi connectivity index (χ1v) is 7.49. The summed E-state index contributed by atoms with van der Waals surface area (Å²) >= 11 is 0. The lowest BCUT2D eigenvalue weighted by atomic mass is 10.1. The fraction of sp³-hybridized carbons (Fsp3) is 0.600. The van der Waals surface area contributed by atoms with Crippen molar-refractivity contribution >= 4 is 11.8 Å². The Kier molecular flexibility index (Phi) is 5.07. The van der Waals surface area contributed by atoms with Crippen molar-refractivity contribution in [1.29, 1.82) is 0 Å². The summed E-state index contributed by atoms with van der Waals surface area (Å²) in [7, 11) is 1.59. The average molecular weight is 305 g/mol. The van der Waals surface area contributed by atoms with Gasteiger partial charge in [0.2, 0.25) is 5.91 Å². The molecule has 7 heteroatoms. The molecular formula is C15H23N5O2. The molecule has 120 valence electrons. The molecular weight excluding hydrogens is 282 g/mol. The van der Waals surface area contributed by atoms with Gasteiger partial charge in [0.1, 0.15) is 11.7 Å². The van der Waals surface area contributed by atoms with Crippen LogP contribution in [0, 0.1) is 6.92 Å². The van der Waals surface area contributed by atoms with Gasteiger partial charge in [0.25, 0.3) is 5.91 Å². The average Bonchev–Trinajstić information content (AvgIpc) is 2.53. The SMILES string of the molecule is CNC(=O)C1CN(C(C)C)CCN1C(=O)c1cnc(C)cn1. The Hall–Kier alpha value is -2.02. The molecule has 1 saturated heterocycles. The Morgan fingerprint density at radius 3 is 2.55 bits per heavy atom. The van der Waals surface area contributed by atoms with Gasteiger partial charge in [-0.3, -0.25) is 19.5 Å². The van der Waals surface area contributed by atoms with E-state index in [9.17, 15) is 9.59 Å². The third-order valence-corrected chi connectivity index (χ3v) is 3.95. The van der Waals surface area contributed by atoms with Crippen molar-refractivity contribution in [1.82, 2.24) is 25.1 Å². The van der Waals surface area contributed by atoms with Gasteiger partial charge in [-0.25, -0.2) is 4.98 Å². The topological polar surface area (TPSA) is 78.4 Å². The number of likely N-dealkylation sites (N-methyl/N-ethyl adjacent to an activating group) is 1. The van der Waals surface area contributed by atoms with Crippen molar-refractivity contribution in [3.05, 3.63) is 23.8 Å². The van der Waals surface area contributed by atoms with E-state index in [4.69, 9.17) is 0 Å². The quantitative estimate of drug-likeness (QED) is 0.855. The monoisotopic (exact) mass is 305 g/mol. The minimum Gasteiger partial charge on any atom is -0.357 e. The van der Waals surface area contributed by atoms with Crippen LogP contribution in [0.4, 0.5) is 0 Å². The molecule has 2 heterocycles. The lowest BCUT2D eigenvalue weighted by Gasteiger charge is -2.41. The van der Waals surface area contributed by atoms with Crippen molar-refractivity contribution < 1.29 is 9.59 Å². The van der Waals surface area contributed by atoms with Gasteiger partial charge in [0.15, 0.2) is 0 Å². The first-order chi connectivity index (χ1) is 10.4. The molecule has 0 aromatic carbocycles. The first-order valence-electron chi connectivity index (χ1n) is 7.49. The van der Waals surface area contributed by atoms with Gasteiger partial charge in [-0.2, -0.15) is 0 Å². The molecule has 1 atom stereocenters. The van der Waals surface area contributed by atoms with Crippen LogP contribution in [0.1, 0.15) is 30.0 Å². The highest BCUT2D eigenvalue weighted by Gasteiger charge is 2.36. The zero-order valence-corrected chi connectivity index (χ0v) is 13.5. The molecule has 1 N–H and O–H groups in total. The van der Waals surface area contributed by atoms with Crippen molar-refractivity contribution in [3.8, 4) is 0 Å². The molecule has 1 aliphatic rings. The van der Waals surface area contributed by atoms with E-state index in [0.717, 1.165) is 12.2 Å². The van der Waals surface area contributed by atoms with Crippen LogP contribution in [0.25, 0.3) is 0 Å². The number of nitrogens with one attached hydrogen (secondary N) is 1. The zero-order chi connectivity index (χ0) is 16.3. The van der Waals surface area contributed by atoms with Gasteiger partial charge in [-0.15, -0.1) is 0 Å². The number of carbonyl (C=O) groups is 2. The molecule has 1 unspecified atom stereocenters. The van der Waals surface area contributed by atoms with Crippen LogP contribution < -0.4 is 5.32 Å². The summed E-state index contributed by atoms with van der Waals surface area (Å²) in [6, 6.07) is -0.166. The van der Waals surface area contributed by atoms with E-state index in [1.54, 1.807) is 18.1 Å². The molecule has 7 nitrogen and oxygen atoms in total. The summed E-state index contributed by atoms with van der Waals surface area (Å²) in [4.78, 5) is 36.8. The smallest absolute Gasteiger partial charge is 0.274 e. The second kappa shape index (κ2) is 6.83. The van der Waals surface area contributed by atoms with E-state index in [2.05, 4.69) is 34.0 Å². The minimum absolute atomic E-state index is 0.154. The number of piperazine rings is 1. The van der Waals surface area contributed by atoms with Gasteiger partial charge in [0.05, 0.1) is 11.9 Å². The Balaban J connectivity index is 2.21. The van der Waals surface area contributed by atoms with Crippen LogP contribution in [0.5, 0.6) is 0 Å². The maximum absolute atomic E-state index is 12.6. The standard InChI is InChI=1S/C15H23N5O2/c1-10(2)19-5-6-20(13(9-19)14(21)16-4)15(22)12-8-17-11(3)7-18-12/h7-8,10,13H,5-6,9H2,1-4H3,(H,16,21). The second-order valence-electron chi connectivity index (χ2n) is 5.76. The highest BCUT2D eigenvalue weighted by molar-refractivity contribution is 5.96. The van der Waals surface area contributed by atoms with Crippen LogP contribution in [0.2, 0.25) is 0 Å². The van der Waals surface area contributed by atoms with Crippen LogP contribution in [-0.2, 0) is 4.79 Å². The lowest BCUT2D eigenvalue weighted by Crippen LogP contribution is -2.61. The molecule has 1 aliphatic heterocycles. The van der Waals surface area contributed by atoms with Crippen molar-refractivity contribution in [2.75, 3.05) is 26.7 Å². The van der Waals surface area contributed by atoms with Crippen LogP contribution in [-0.4, -0.2) is 70.3 Å². The molecule has 22 heavy (non-hydrogen) atoms. The molecule has 0 radical (unpaired) electrons. The highest BCUT2D eigenvalue weighted by atomic mass is 16.2. The van der Waals surface area contributed by atoms with Crippen molar-refractivity contribution in [2.24, 2.45) is 0 Å². The highest BCUT2D eigenvalue weighted by Crippen LogP contribution is 2.15. The second-order valence-corrected chi connectivity index (χ2v) is 5.76. The number of aromatic nitrogens is 2. The predicted molar refractivity (Wildman–Crippen MR) is 82.4 cm³/mol. The number of amides is 2. The third kappa shape index (κ3) is 3.41. The summed E-state index contributed by atoms with van der Waals surface area (Å²) in [6.45, 7) is 7.77. The van der Waals surface area contributed by atoms with Crippen LogP contribution in [0.3, 0.4) is 0 Å².